The van der Waals surface area contributed by atoms with E-state index in [-0.39, 0.29) is 12.2 Å². The van der Waals surface area contributed by atoms with Crippen LogP contribution in [0.1, 0.15) is 41.8 Å². The van der Waals surface area contributed by atoms with E-state index in [4.69, 9.17) is 4.42 Å². The van der Waals surface area contributed by atoms with Gasteiger partial charge in [0.15, 0.2) is 5.76 Å². The Balaban J connectivity index is 2.08. The Labute approximate surface area is 109 Å². The first-order chi connectivity index (χ1) is 8.89. The van der Waals surface area contributed by atoms with Crippen molar-refractivity contribution in [3.8, 4) is 0 Å². The average Bonchev–Trinajstić information content (AvgIpc) is 2.75. The molecule has 6 heteroatoms. The molecule has 1 fully saturated rings. The molecule has 0 aromatic carbocycles. The van der Waals surface area contributed by atoms with Crippen molar-refractivity contribution in [3.05, 3.63) is 23.7 Å². The van der Waals surface area contributed by atoms with Gasteiger partial charge in [-0.1, -0.05) is 12.8 Å². The Morgan fingerprint density at radius 2 is 2.05 bits per heavy atom. The molecule has 2 atom stereocenters. The van der Waals surface area contributed by atoms with Gasteiger partial charge in [-0.2, -0.15) is 13.2 Å². The Morgan fingerprint density at radius 1 is 1.37 bits per heavy atom. The van der Waals surface area contributed by atoms with E-state index in [0.717, 1.165) is 0 Å². The van der Waals surface area contributed by atoms with Crippen LogP contribution in [-0.2, 0) is 0 Å². The molecule has 0 radical (unpaired) electrons. The number of nitrogens with one attached hydrogen (secondary N) is 1. The summed E-state index contributed by atoms with van der Waals surface area (Å²) in [7, 11) is 0. The summed E-state index contributed by atoms with van der Waals surface area (Å²) in [6.45, 7) is 1.68. The molecule has 0 bridgehead atoms. The maximum Gasteiger partial charge on any atom is 0.393 e. The van der Waals surface area contributed by atoms with Crippen LogP contribution in [0.5, 0.6) is 0 Å². The zero-order chi connectivity index (χ0) is 14.0. The number of carbonyl (C=O) groups is 1. The largest absolute Gasteiger partial charge is 0.459 e. The molecule has 1 heterocycles. The van der Waals surface area contributed by atoms with E-state index in [1.54, 1.807) is 13.0 Å². The quantitative estimate of drug-likeness (QED) is 0.898. The molecule has 0 unspecified atom stereocenters. The highest BCUT2D eigenvalue weighted by atomic mass is 19.4. The second-order valence-corrected chi connectivity index (χ2v) is 4.95. The molecule has 1 N–H and O–H groups in total. The minimum absolute atomic E-state index is 0.0750. The van der Waals surface area contributed by atoms with E-state index >= 15 is 0 Å². The first kappa shape index (κ1) is 14.0. The minimum Gasteiger partial charge on any atom is -0.459 e. The van der Waals surface area contributed by atoms with Crippen LogP contribution < -0.4 is 5.32 Å². The van der Waals surface area contributed by atoms with Gasteiger partial charge in [0.2, 0.25) is 0 Å². The maximum absolute atomic E-state index is 12.9. The molecule has 3 nitrogen and oxygen atoms in total. The topological polar surface area (TPSA) is 42.2 Å². The third-order valence-electron chi connectivity index (χ3n) is 3.57. The van der Waals surface area contributed by atoms with Crippen molar-refractivity contribution in [1.29, 1.82) is 0 Å². The third-order valence-corrected chi connectivity index (χ3v) is 3.57. The Kier molecular flexibility index (Phi) is 3.87. The van der Waals surface area contributed by atoms with E-state index in [1.165, 1.54) is 6.26 Å². The van der Waals surface area contributed by atoms with Crippen LogP contribution in [0.4, 0.5) is 13.2 Å². The SMILES string of the molecule is Cc1ccoc1C(=O)N[C@H]1CCCC[C@H]1C(F)(F)F. The van der Waals surface area contributed by atoms with Crippen molar-refractivity contribution in [2.45, 2.75) is 44.8 Å². The van der Waals surface area contributed by atoms with Crippen molar-refractivity contribution in [2.75, 3.05) is 0 Å². The summed E-state index contributed by atoms with van der Waals surface area (Å²) in [6, 6.07) is 0.752. The van der Waals surface area contributed by atoms with Gasteiger partial charge in [0, 0.05) is 11.6 Å². The Hall–Kier alpha value is -1.46. The number of alkyl halides is 3. The molecule has 1 amide bonds. The fourth-order valence-corrected chi connectivity index (χ4v) is 2.53. The molecule has 1 aliphatic carbocycles. The van der Waals surface area contributed by atoms with Gasteiger partial charge in [0.05, 0.1) is 12.2 Å². The fourth-order valence-electron chi connectivity index (χ4n) is 2.53. The fraction of sp³-hybridized carbons (Fsp3) is 0.615. The molecule has 1 aromatic rings. The highest BCUT2D eigenvalue weighted by Crippen LogP contribution is 2.37. The second kappa shape index (κ2) is 5.27. The van der Waals surface area contributed by atoms with Gasteiger partial charge in [0.25, 0.3) is 5.91 Å². The van der Waals surface area contributed by atoms with E-state index in [1.807, 2.05) is 0 Å². The molecular weight excluding hydrogens is 259 g/mol. The number of rotatable bonds is 2. The number of carbonyl (C=O) groups excluding carboxylic acids is 1. The van der Waals surface area contributed by atoms with Crippen LogP contribution in [0.15, 0.2) is 16.7 Å². The van der Waals surface area contributed by atoms with Gasteiger partial charge in [-0.25, -0.2) is 0 Å². The summed E-state index contributed by atoms with van der Waals surface area (Å²) >= 11 is 0. The van der Waals surface area contributed by atoms with Gasteiger partial charge in [-0.3, -0.25) is 4.79 Å². The molecule has 1 aromatic heterocycles. The van der Waals surface area contributed by atoms with E-state index in [2.05, 4.69) is 5.32 Å². The summed E-state index contributed by atoms with van der Waals surface area (Å²) in [5, 5.41) is 2.47. The lowest BCUT2D eigenvalue weighted by Crippen LogP contribution is -2.47. The first-order valence-corrected chi connectivity index (χ1v) is 6.31. The Bertz CT molecular complexity index is 453. The monoisotopic (exact) mass is 275 g/mol. The van der Waals surface area contributed by atoms with Crippen molar-refractivity contribution in [1.82, 2.24) is 5.32 Å². The molecule has 19 heavy (non-hydrogen) atoms. The number of aryl methyl sites for hydroxylation is 1. The van der Waals surface area contributed by atoms with Gasteiger partial charge >= 0.3 is 6.18 Å². The predicted molar refractivity (Wildman–Crippen MR) is 62.7 cm³/mol. The molecule has 1 aliphatic rings. The Morgan fingerprint density at radius 3 is 2.63 bits per heavy atom. The van der Waals surface area contributed by atoms with Crippen LogP contribution in [0.25, 0.3) is 0 Å². The van der Waals surface area contributed by atoms with Gasteiger partial charge < -0.3 is 9.73 Å². The van der Waals surface area contributed by atoms with Gasteiger partial charge in [-0.05, 0) is 25.8 Å². The summed E-state index contributed by atoms with van der Waals surface area (Å²) in [4.78, 5) is 11.9. The zero-order valence-corrected chi connectivity index (χ0v) is 10.6. The molecule has 0 aliphatic heterocycles. The molecule has 0 spiro atoms. The molecule has 106 valence electrons. The summed E-state index contributed by atoms with van der Waals surface area (Å²) in [6.07, 6.45) is -1.23. The van der Waals surface area contributed by atoms with Crippen molar-refractivity contribution in [2.24, 2.45) is 5.92 Å². The van der Waals surface area contributed by atoms with Crippen molar-refractivity contribution >= 4 is 5.91 Å². The lowest BCUT2D eigenvalue weighted by atomic mass is 9.84. The van der Waals surface area contributed by atoms with Crippen LogP contribution in [0.2, 0.25) is 0 Å². The lowest BCUT2D eigenvalue weighted by molar-refractivity contribution is -0.187. The van der Waals surface area contributed by atoms with Crippen LogP contribution >= 0.6 is 0 Å². The van der Waals surface area contributed by atoms with Crippen LogP contribution in [0, 0.1) is 12.8 Å². The molecule has 0 saturated heterocycles. The summed E-state index contributed by atoms with van der Waals surface area (Å²) < 4.78 is 43.7. The first-order valence-electron chi connectivity index (χ1n) is 6.31. The maximum atomic E-state index is 12.9. The number of furan rings is 1. The molecular formula is C13H16F3NO2. The third kappa shape index (κ3) is 3.11. The zero-order valence-electron chi connectivity index (χ0n) is 10.6. The highest BCUT2D eigenvalue weighted by Gasteiger charge is 2.46. The summed E-state index contributed by atoms with van der Waals surface area (Å²) in [5.41, 5.74) is 0.622. The summed E-state index contributed by atoms with van der Waals surface area (Å²) in [5.74, 6) is -1.93. The average molecular weight is 275 g/mol. The highest BCUT2D eigenvalue weighted by molar-refractivity contribution is 5.93. The molecule has 2 rings (SSSR count). The normalized spacial score (nSPS) is 24.2. The predicted octanol–water partition coefficient (Wildman–Crippen LogP) is 3.44. The van der Waals surface area contributed by atoms with Crippen LogP contribution in [-0.4, -0.2) is 18.1 Å². The van der Waals surface area contributed by atoms with E-state index < -0.39 is 24.0 Å². The lowest BCUT2D eigenvalue weighted by Gasteiger charge is -2.33. The van der Waals surface area contributed by atoms with Crippen molar-refractivity contribution < 1.29 is 22.4 Å². The smallest absolute Gasteiger partial charge is 0.393 e. The van der Waals surface area contributed by atoms with E-state index in [9.17, 15) is 18.0 Å². The number of halogens is 3. The standard InChI is InChI=1S/C13H16F3NO2/c1-8-6-7-19-11(8)12(18)17-10-5-3-2-4-9(10)13(14,15)16/h6-7,9-10H,2-5H2,1H3,(H,17,18)/t9-,10+/m1/s1. The number of hydrogen-bond acceptors (Lipinski definition) is 2. The second-order valence-electron chi connectivity index (χ2n) is 4.95. The van der Waals surface area contributed by atoms with Crippen molar-refractivity contribution in [3.63, 3.8) is 0 Å². The van der Waals surface area contributed by atoms with Gasteiger partial charge in [0.1, 0.15) is 0 Å². The van der Waals surface area contributed by atoms with Gasteiger partial charge in [-0.15, -0.1) is 0 Å². The van der Waals surface area contributed by atoms with E-state index in [0.29, 0.717) is 24.8 Å². The number of hydrogen-bond donors (Lipinski definition) is 1. The minimum atomic E-state index is -4.27. The number of amides is 1. The van der Waals surface area contributed by atoms with Crippen LogP contribution in [0.3, 0.4) is 0 Å². The molecule has 1 saturated carbocycles.